The van der Waals surface area contributed by atoms with Gasteiger partial charge in [0.15, 0.2) is 0 Å². The highest BCUT2D eigenvalue weighted by Crippen LogP contribution is 2.09. The molecule has 0 fully saturated rings. The molecule has 0 aromatic heterocycles. The molecule has 0 atom stereocenters. The van der Waals surface area contributed by atoms with Gasteiger partial charge in [-0.25, -0.2) is 4.79 Å². The molecule has 4 N–H and O–H groups in total. The van der Waals surface area contributed by atoms with Gasteiger partial charge in [-0.2, -0.15) is 0 Å². The maximum absolute atomic E-state index is 11.4. The maximum atomic E-state index is 11.4. The van der Waals surface area contributed by atoms with E-state index in [2.05, 4.69) is 10.6 Å². The van der Waals surface area contributed by atoms with Gasteiger partial charge in [0.05, 0.1) is 6.61 Å². The number of carbonyl (C=O) groups excluding carboxylic acids is 1. The summed E-state index contributed by atoms with van der Waals surface area (Å²) in [6.07, 6.45) is 0. The Kier molecular flexibility index (Phi) is 5.15. The van der Waals surface area contributed by atoms with Crippen molar-refractivity contribution in [1.29, 1.82) is 0 Å². The molecule has 0 saturated carbocycles. The number of ether oxygens (including phenoxy) is 1. The first-order chi connectivity index (χ1) is 7.72. The first-order valence-corrected chi connectivity index (χ1v) is 5.20. The SMILES string of the molecule is CCOCCNC(=O)Nc1ccc(N)cc1. The zero-order valence-corrected chi connectivity index (χ0v) is 9.32. The zero-order chi connectivity index (χ0) is 11.8. The summed E-state index contributed by atoms with van der Waals surface area (Å²) in [6, 6.07) is 6.71. The average Bonchev–Trinajstić information content (AvgIpc) is 2.28. The second-order valence-electron chi connectivity index (χ2n) is 3.20. The summed E-state index contributed by atoms with van der Waals surface area (Å²) in [4.78, 5) is 11.4. The number of benzene rings is 1. The molecule has 0 aliphatic rings. The van der Waals surface area contributed by atoms with Crippen LogP contribution in [0.25, 0.3) is 0 Å². The number of amides is 2. The summed E-state index contributed by atoms with van der Waals surface area (Å²) >= 11 is 0. The van der Waals surface area contributed by atoms with E-state index in [1.165, 1.54) is 0 Å². The third-order valence-corrected chi connectivity index (χ3v) is 1.90. The van der Waals surface area contributed by atoms with E-state index in [1.54, 1.807) is 24.3 Å². The van der Waals surface area contributed by atoms with Crippen LogP contribution in [0.1, 0.15) is 6.92 Å². The largest absolute Gasteiger partial charge is 0.399 e. The van der Waals surface area contributed by atoms with Crippen molar-refractivity contribution >= 4 is 17.4 Å². The van der Waals surface area contributed by atoms with Gasteiger partial charge in [-0.05, 0) is 31.2 Å². The van der Waals surface area contributed by atoms with Crippen LogP contribution in [-0.4, -0.2) is 25.8 Å². The van der Waals surface area contributed by atoms with Gasteiger partial charge in [-0.15, -0.1) is 0 Å². The molecule has 16 heavy (non-hydrogen) atoms. The molecule has 0 aliphatic heterocycles. The Morgan fingerprint density at radius 2 is 2.06 bits per heavy atom. The Morgan fingerprint density at radius 1 is 1.38 bits per heavy atom. The van der Waals surface area contributed by atoms with E-state index >= 15 is 0 Å². The molecular weight excluding hydrogens is 206 g/mol. The summed E-state index contributed by atoms with van der Waals surface area (Å²) in [6.45, 7) is 3.58. The van der Waals surface area contributed by atoms with E-state index in [9.17, 15) is 4.79 Å². The van der Waals surface area contributed by atoms with Gasteiger partial charge in [0.1, 0.15) is 0 Å². The lowest BCUT2D eigenvalue weighted by atomic mass is 10.3. The standard InChI is InChI=1S/C11H17N3O2/c1-2-16-8-7-13-11(15)14-10-5-3-9(12)4-6-10/h3-6H,2,7-8,12H2,1H3,(H2,13,14,15). The molecule has 88 valence electrons. The minimum Gasteiger partial charge on any atom is -0.399 e. The molecule has 0 unspecified atom stereocenters. The molecule has 0 saturated heterocycles. The molecule has 0 heterocycles. The van der Waals surface area contributed by atoms with E-state index < -0.39 is 0 Å². The van der Waals surface area contributed by atoms with Gasteiger partial charge in [0.25, 0.3) is 0 Å². The van der Waals surface area contributed by atoms with Crippen molar-refractivity contribution in [2.24, 2.45) is 0 Å². The number of anilines is 2. The molecule has 0 bridgehead atoms. The van der Waals surface area contributed by atoms with Crippen molar-refractivity contribution in [2.75, 3.05) is 30.8 Å². The highest BCUT2D eigenvalue weighted by atomic mass is 16.5. The van der Waals surface area contributed by atoms with Gasteiger partial charge in [0, 0.05) is 24.5 Å². The van der Waals surface area contributed by atoms with Gasteiger partial charge in [0.2, 0.25) is 0 Å². The van der Waals surface area contributed by atoms with E-state index in [0.717, 1.165) is 0 Å². The number of nitrogens with one attached hydrogen (secondary N) is 2. The second-order valence-corrected chi connectivity index (χ2v) is 3.20. The van der Waals surface area contributed by atoms with Gasteiger partial charge in [-0.1, -0.05) is 0 Å². The Balaban J connectivity index is 2.26. The summed E-state index contributed by atoms with van der Waals surface area (Å²) in [5.41, 5.74) is 6.91. The molecule has 2 amide bonds. The van der Waals surface area contributed by atoms with Crippen molar-refractivity contribution in [3.05, 3.63) is 24.3 Å². The van der Waals surface area contributed by atoms with Crippen LogP contribution in [0.5, 0.6) is 0 Å². The van der Waals surface area contributed by atoms with Crippen LogP contribution in [0, 0.1) is 0 Å². The van der Waals surface area contributed by atoms with Crippen molar-refractivity contribution in [2.45, 2.75) is 6.92 Å². The number of carbonyl (C=O) groups is 1. The van der Waals surface area contributed by atoms with Crippen molar-refractivity contribution in [1.82, 2.24) is 5.32 Å². The first kappa shape index (κ1) is 12.3. The predicted molar refractivity (Wildman–Crippen MR) is 64.4 cm³/mol. The minimum absolute atomic E-state index is 0.246. The molecule has 0 spiro atoms. The third-order valence-electron chi connectivity index (χ3n) is 1.90. The Labute approximate surface area is 95.0 Å². The fourth-order valence-corrected chi connectivity index (χ4v) is 1.12. The molecule has 0 aliphatic carbocycles. The molecule has 1 aromatic rings. The Hall–Kier alpha value is -1.75. The van der Waals surface area contributed by atoms with Crippen molar-refractivity contribution < 1.29 is 9.53 Å². The number of nitrogen functional groups attached to an aromatic ring is 1. The van der Waals surface area contributed by atoms with Crippen LogP contribution < -0.4 is 16.4 Å². The molecule has 1 aromatic carbocycles. The summed E-state index contributed by atoms with van der Waals surface area (Å²) in [5.74, 6) is 0. The molecular formula is C11H17N3O2. The summed E-state index contributed by atoms with van der Waals surface area (Å²) in [5, 5.41) is 5.36. The Bertz CT molecular complexity index is 325. The smallest absolute Gasteiger partial charge is 0.319 e. The fourth-order valence-electron chi connectivity index (χ4n) is 1.12. The lowest BCUT2D eigenvalue weighted by Crippen LogP contribution is -2.31. The van der Waals surface area contributed by atoms with Crippen LogP contribution in [0.3, 0.4) is 0 Å². The van der Waals surface area contributed by atoms with Gasteiger partial charge < -0.3 is 21.1 Å². The highest BCUT2D eigenvalue weighted by Gasteiger charge is 1.99. The first-order valence-electron chi connectivity index (χ1n) is 5.20. The zero-order valence-electron chi connectivity index (χ0n) is 9.32. The summed E-state index contributed by atoms with van der Waals surface area (Å²) < 4.78 is 5.09. The van der Waals surface area contributed by atoms with E-state index in [-0.39, 0.29) is 6.03 Å². The van der Waals surface area contributed by atoms with Gasteiger partial charge >= 0.3 is 6.03 Å². The third kappa shape index (κ3) is 4.65. The van der Waals surface area contributed by atoms with Gasteiger partial charge in [-0.3, -0.25) is 0 Å². The van der Waals surface area contributed by atoms with Crippen LogP contribution in [-0.2, 0) is 4.74 Å². The van der Waals surface area contributed by atoms with Crippen LogP contribution in [0.15, 0.2) is 24.3 Å². The van der Waals surface area contributed by atoms with Crippen molar-refractivity contribution in [3.63, 3.8) is 0 Å². The maximum Gasteiger partial charge on any atom is 0.319 e. The predicted octanol–water partition coefficient (Wildman–Crippen LogP) is 1.43. The highest BCUT2D eigenvalue weighted by molar-refractivity contribution is 5.89. The normalized spacial score (nSPS) is 9.81. The minimum atomic E-state index is -0.246. The monoisotopic (exact) mass is 223 g/mol. The van der Waals surface area contributed by atoms with Crippen LogP contribution >= 0.6 is 0 Å². The number of hydrogen-bond acceptors (Lipinski definition) is 3. The topological polar surface area (TPSA) is 76.4 Å². The quantitative estimate of drug-likeness (QED) is 0.522. The molecule has 1 rings (SSSR count). The van der Waals surface area contributed by atoms with Crippen LogP contribution in [0.4, 0.5) is 16.2 Å². The number of nitrogens with two attached hydrogens (primary N) is 1. The molecule has 0 radical (unpaired) electrons. The van der Waals surface area contributed by atoms with E-state index in [0.29, 0.717) is 31.1 Å². The lowest BCUT2D eigenvalue weighted by molar-refractivity contribution is 0.150. The summed E-state index contributed by atoms with van der Waals surface area (Å²) in [7, 11) is 0. The fraction of sp³-hybridized carbons (Fsp3) is 0.364. The van der Waals surface area contributed by atoms with Crippen molar-refractivity contribution in [3.8, 4) is 0 Å². The van der Waals surface area contributed by atoms with E-state index in [4.69, 9.17) is 10.5 Å². The van der Waals surface area contributed by atoms with E-state index in [1.807, 2.05) is 6.92 Å². The number of urea groups is 1. The molecule has 5 nitrogen and oxygen atoms in total. The second kappa shape index (κ2) is 6.68. The lowest BCUT2D eigenvalue weighted by Gasteiger charge is -2.07. The number of rotatable bonds is 5. The van der Waals surface area contributed by atoms with Crippen LogP contribution in [0.2, 0.25) is 0 Å². The number of hydrogen-bond donors (Lipinski definition) is 3. The molecule has 5 heteroatoms. The Morgan fingerprint density at radius 3 is 2.69 bits per heavy atom. The average molecular weight is 223 g/mol.